The van der Waals surface area contributed by atoms with Crippen molar-refractivity contribution in [1.82, 2.24) is 0 Å². The maximum absolute atomic E-state index is 13.7. The van der Waals surface area contributed by atoms with Crippen LogP contribution in [0.4, 0.5) is 8.78 Å². The van der Waals surface area contributed by atoms with Gasteiger partial charge < -0.3 is 9.52 Å². The average molecular weight is 224 g/mol. The predicted octanol–water partition coefficient (Wildman–Crippen LogP) is 2.95. The molecule has 0 aliphatic rings. The molecule has 0 saturated carbocycles. The summed E-state index contributed by atoms with van der Waals surface area (Å²) in [6.07, 6.45) is -0.0839. The SMILES string of the molecule is Cc1ccc(F)c(C(O)c2ccco2)c1F. The van der Waals surface area contributed by atoms with Crippen LogP contribution in [0.1, 0.15) is 23.0 Å². The van der Waals surface area contributed by atoms with E-state index >= 15 is 0 Å². The number of aryl methyl sites for hydroxylation is 1. The summed E-state index contributed by atoms with van der Waals surface area (Å²) in [6.45, 7) is 1.51. The third-order valence-electron chi connectivity index (χ3n) is 2.41. The van der Waals surface area contributed by atoms with Crippen molar-refractivity contribution in [2.24, 2.45) is 0 Å². The molecule has 2 rings (SSSR count). The quantitative estimate of drug-likeness (QED) is 0.850. The second-order valence-electron chi connectivity index (χ2n) is 3.51. The van der Waals surface area contributed by atoms with Gasteiger partial charge in [0.05, 0.1) is 11.8 Å². The van der Waals surface area contributed by atoms with Crippen molar-refractivity contribution in [1.29, 1.82) is 0 Å². The van der Waals surface area contributed by atoms with Crippen molar-refractivity contribution < 1.29 is 18.3 Å². The number of furan rings is 1. The molecule has 2 aromatic rings. The van der Waals surface area contributed by atoms with Crippen LogP contribution in [-0.4, -0.2) is 5.11 Å². The molecular formula is C12H10F2O2. The van der Waals surface area contributed by atoms with Crippen molar-refractivity contribution in [2.75, 3.05) is 0 Å². The Morgan fingerprint density at radius 2 is 2.00 bits per heavy atom. The maximum Gasteiger partial charge on any atom is 0.142 e. The van der Waals surface area contributed by atoms with E-state index in [4.69, 9.17) is 4.42 Å². The van der Waals surface area contributed by atoms with E-state index < -0.39 is 17.7 Å². The van der Waals surface area contributed by atoms with Gasteiger partial charge in [0.1, 0.15) is 23.5 Å². The Kier molecular flexibility index (Phi) is 2.75. The lowest BCUT2D eigenvalue weighted by molar-refractivity contribution is 0.179. The topological polar surface area (TPSA) is 33.4 Å². The molecular weight excluding hydrogens is 214 g/mol. The van der Waals surface area contributed by atoms with Crippen molar-refractivity contribution in [2.45, 2.75) is 13.0 Å². The Morgan fingerprint density at radius 1 is 1.25 bits per heavy atom. The third-order valence-corrected chi connectivity index (χ3v) is 2.41. The summed E-state index contributed by atoms with van der Waals surface area (Å²) in [6, 6.07) is 5.46. The van der Waals surface area contributed by atoms with E-state index in [2.05, 4.69) is 0 Å². The highest BCUT2D eigenvalue weighted by molar-refractivity contribution is 5.31. The van der Waals surface area contributed by atoms with Crippen LogP contribution >= 0.6 is 0 Å². The van der Waals surface area contributed by atoms with E-state index in [0.29, 0.717) is 0 Å². The number of benzene rings is 1. The Morgan fingerprint density at radius 3 is 2.62 bits per heavy atom. The molecule has 1 atom stereocenters. The van der Waals surface area contributed by atoms with Crippen molar-refractivity contribution in [3.63, 3.8) is 0 Å². The molecule has 1 N–H and O–H groups in total. The number of rotatable bonds is 2. The van der Waals surface area contributed by atoms with E-state index in [-0.39, 0.29) is 16.9 Å². The molecule has 0 spiro atoms. The van der Waals surface area contributed by atoms with Gasteiger partial charge in [0.2, 0.25) is 0 Å². The highest BCUT2D eigenvalue weighted by Crippen LogP contribution is 2.28. The summed E-state index contributed by atoms with van der Waals surface area (Å²) >= 11 is 0. The third kappa shape index (κ3) is 1.72. The number of aliphatic hydroxyl groups excluding tert-OH is 1. The first kappa shape index (κ1) is 10.8. The second kappa shape index (κ2) is 4.06. The number of hydrogen-bond acceptors (Lipinski definition) is 2. The van der Waals surface area contributed by atoms with Gasteiger partial charge in [0.25, 0.3) is 0 Å². The van der Waals surface area contributed by atoms with Gasteiger partial charge in [-0.1, -0.05) is 6.07 Å². The Labute approximate surface area is 91.1 Å². The molecule has 0 amide bonds. The Balaban J connectivity index is 2.52. The fourth-order valence-electron chi connectivity index (χ4n) is 1.52. The number of hydrogen-bond donors (Lipinski definition) is 1. The molecule has 2 nitrogen and oxygen atoms in total. The minimum Gasteiger partial charge on any atom is -0.466 e. The largest absolute Gasteiger partial charge is 0.466 e. The lowest BCUT2D eigenvalue weighted by Crippen LogP contribution is -2.06. The molecule has 1 heterocycles. The van der Waals surface area contributed by atoms with E-state index in [0.717, 1.165) is 6.07 Å². The summed E-state index contributed by atoms with van der Waals surface area (Å²) in [7, 11) is 0. The minimum absolute atomic E-state index is 0.114. The lowest BCUT2D eigenvalue weighted by atomic mass is 10.0. The molecule has 16 heavy (non-hydrogen) atoms. The molecule has 1 aromatic heterocycles. The Hall–Kier alpha value is -1.68. The fraction of sp³-hybridized carbons (Fsp3) is 0.167. The highest BCUT2D eigenvalue weighted by Gasteiger charge is 2.22. The normalized spacial score (nSPS) is 12.8. The van der Waals surface area contributed by atoms with Gasteiger partial charge in [0, 0.05) is 0 Å². The van der Waals surface area contributed by atoms with Crippen LogP contribution in [0.25, 0.3) is 0 Å². The summed E-state index contributed by atoms with van der Waals surface area (Å²) < 4.78 is 32.0. The van der Waals surface area contributed by atoms with E-state index in [1.165, 1.54) is 25.3 Å². The van der Waals surface area contributed by atoms with E-state index in [1.807, 2.05) is 0 Å². The Bertz CT molecular complexity index is 492. The first-order valence-corrected chi connectivity index (χ1v) is 4.77. The van der Waals surface area contributed by atoms with Crippen LogP contribution in [0.3, 0.4) is 0 Å². The lowest BCUT2D eigenvalue weighted by Gasteiger charge is -2.11. The van der Waals surface area contributed by atoms with Gasteiger partial charge in [-0.15, -0.1) is 0 Å². The van der Waals surface area contributed by atoms with Crippen molar-refractivity contribution in [3.8, 4) is 0 Å². The molecule has 4 heteroatoms. The van der Waals surface area contributed by atoms with E-state index in [1.54, 1.807) is 6.07 Å². The summed E-state index contributed by atoms with van der Waals surface area (Å²) in [4.78, 5) is 0. The molecule has 1 unspecified atom stereocenters. The number of aliphatic hydroxyl groups is 1. The smallest absolute Gasteiger partial charge is 0.142 e. The maximum atomic E-state index is 13.7. The van der Waals surface area contributed by atoms with Crippen LogP contribution in [0.5, 0.6) is 0 Å². The molecule has 0 bridgehead atoms. The summed E-state index contributed by atoms with van der Waals surface area (Å²) in [5.41, 5.74) is -0.100. The van der Waals surface area contributed by atoms with Gasteiger partial charge >= 0.3 is 0 Å². The molecule has 84 valence electrons. The summed E-state index contributed by atoms with van der Waals surface area (Å²) in [5, 5.41) is 9.79. The van der Waals surface area contributed by atoms with Crippen LogP contribution in [0.15, 0.2) is 34.9 Å². The average Bonchev–Trinajstić information content (AvgIpc) is 2.77. The minimum atomic E-state index is -1.42. The van der Waals surface area contributed by atoms with Crippen LogP contribution in [0, 0.1) is 18.6 Å². The standard InChI is InChI=1S/C12H10F2O2/c1-7-4-5-8(13)10(11(7)14)12(15)9-3-2-6-16-9/h2-6,12,15H,1H3. The van der Waals surface area contributed by atoms with Crippen LogP contribution in [-0.2, 0) is 0 Å². The first-order chi connectivity index (χ1) is 7.61. The monoisotopic (exact) mass is 224 g/mol. The zero-order valence-corrected chi connectivity index (χ0v) is 8.58. The van der Waals surface area contributed by atoms with Gasteiger partial charge in [-0.2, -0.15) is 0 Å². The molecule has 0 saturated heterocycles. The predicted molar refractivity (Wildman–Crippen MR) is 53.9 cm³/mol. The molecule has 1 aromatic carbocycles. The van der Waals surface area contributed by atoms with Crippen molar-refractivity contribution >= 4 is 0 Å². The second-order valence-corrected chi connectivity index (χ2v) is 3.51. The molecule has 0 aliphatic carbocycles. The van der Waals surface area contributed by atoms with Gasteiger partial charge in [0.15, 0.2) is 0 Å². The van der Waals surface area contributed by atoms with Gasteiger partial charge in [-0.05, 0) is 30.7 Å². The zero-order chi connectivity index (χ0) is 11.7. The van der Waals surface area contributed by atoms with E-state index in [9.17, 15) is 13.9 Å². The summed E-state index contributed by atoms with van der Waals surface area (Å²) in [5.74, 6) is -1.42. The molecule has 0 radical (unpaired) electrons. The number of halogens is 2. The highest BCUT2D eigenvalue weighted by atomic mass is 19.1. The van der Waals surface area contributed by atoms with Crippen molar-refractivity contribution in [3.05, 3.63) is 59.1 Å². The molecule has 0 aliphatic heterocycles. The molecule has 0 fully saturated rings. The first-order valence-electron chi connectivity index (χ1n) is 4.77. The zero-order valence-electron chi connectivity index (χ0n) is 8.58. The van der Waals surface area contributed by atoms with Gasteiger partial charge in [-0.3, -0.25) is 0 Å². The fourth-order valence-corrected chi connectivity index (χ4v) is 1.52. The van der Waals surface area contributed by atoms with Crippen LogP contribution < -0.4 is 0 Å². The van der Waals surface area contributed by atoms with Crippen LogP contribution in [0.2, 0.25) is 0 Å². The van der Waals surface area contributed by atoms with Gasteiger partial charge in [-0.25, -0.2) is 8.78 Å².